The fraction of sp³-hybridized carbons (Fsp3) is 0.133. The number of carboxylic acid groups (broad SMARTS) is 1. The van der Waals surface area contributed by atoms with Crippen molar-refractivity contribution in [2.24, 2.45) is 0 Å². The minimum Gasteiger partial charge on any atom is -0.478 e. The molecule has 6 nitrogen and oxygen atoms in total. The van der Waals surface area contributed by atoms with Crippen LogP contribution in [0.3, 0.4) is 0 Å². The molecule has 0 fully saturated rings. The van der Waals surface area contributed by atoms with Gasteiger partial charge in [-0.3, -0.25) is 10.1 Å². The molecule has 1 amide bonds. The van der Waals surface area contributed by atoms with Crippen molar-refractivity contribution < 1.29 is 19.2 Å². The van der Waals surface area contributed by atoms with Crippen molar-refractivity contribution in [3.63, 3.8) is 0 Å². The van der Waals surface area contributed by atoms with Crippen LogP contribution in [0.5, 0.6) is 0 Å². The Bertz CT molecular complexity index is 716. The average Bonchev–Trinajstić information content (AvgIpc) is 2.83. The van der Waals surface area contributed by atoms with E-state index in [4.69, 9.17) is 9.63 Å². The first kappa shape index (κ1) is 14.5. The number of nitrogens with zero attached hydrogens (tertiary/aromatic N) is 1. The van der Waals surface area contributed by atoms with Gasteiger partial charge in [0.05, 0.1) is 5.69 Å². The quantitative estimate of drug-likeness (QED) is 0.843. The van der Waals surface area contributed by atoms with Gasteiger partial charge >= 0.3 is 5.97 Å². The lowest BCUT2D eigenvalue weighted by Crippen LogP contribution is -2.13. The minimum atomic E-state index is -1.04. The number of rotatable bonds is 4. The highest BCUT2D eigenvalue weighted by molar-refractivity contribution is 6.05. The maximum atomic E-state index is 12.2. The van der Waals surface area contributed by atoms with Gasteiger partial charge in [-0.25, -0.2) is 4.79 Å². The smallest absolute Gasteiger partial charge is 0.328 e. The molecular formula is C15H14N2O4. The number of hydrogen-bond donors (Lipinski definition) is 2. The molecule has 6 heteroatoms. The SMILES string of the molecule is Cc1cc(NC(=O)c2cc(C=CC(=O)O)ccc2C)on1. The summed E-state index contributed by atoms with van der Waals surface area (Å²) in [5.74, 6) is -1.11. The molecular weight excluding hydrogens is 272 g/mol. The van der Waals surface area contributed by atoms with Crippen LogP contribution < -0.4 is 5.32 Å². The molecule has 0 atom stereocenters. The standard InChI is InChI=1S/C15H14N2O4/c1-9-3-4-11(5-6-14(18)19)8-12(9)15(20)16-13-7-10(2)17-21-13/h3-8H,1-2H3,(H,16,20)(H,18,19). The van der Waals surface area contributed by atoms with Crippen LogP contribution in [0.4, 0.5) is 5.88 Å². The molecule has 0 radical (unpaired) electrons. The van der Waals surface area contributed by atoms with Crippen LogP contribution in [0.2, 0.25) is 0 Å². The minimum absolute atomic E-state index is 0.267. The highest BCUT2D eigenvalue weighted by Gasteiger charge is 2.12. The zero-order valence-corrected chi connectivity index (χ0v) is 11.6. The maximum Gasteiger partial charge on any atom is 0.328 e. The monoisotopic (exact) mass is 286 g/mol. The van der Waals surface area contributed by atoms with E-state index in [-0.39, 0.29) is 11.8 Å². The van der Waals surface area contributed by atoms with Crippen LogP contribution in [-0.4, -0.2) is 22.1 Å². The van der Waals surface area contributed by atoms with Gasteiger partial charge < -0.3 is 9.63 Å². The fourth-order valence-corrected chi connectivity index (χ4v) is 1.76. The number of amides is 1. The number of anilines is 1. The van der Waals surface area contributed by atoms with Gasteiger partial charge in [0.2, 0.25) is 5.88 Å². The summed E-state index contributed by atoms with van der Waals surface area (Å²) < 4.78 is 4.93. The molecule has 1 aromatic heterocycles. The van der Waals surface area contributed by atoms with Gasteiger partial charge in [-0.2, -0.15) is 0 Å². The van der Waals surface area contributed by atoms with Crippen molar-refractivity contribution in [3.05, 3.63) is 52.7 Å². The van der Waals surface area contributed by atoms with Crippen molar-refractivity contribution in [1.29, 1.82) is 0 Å². The Morgan fingerprint density at radius 3 is 2.67 bits per heavy atom. The van der Waals surface area contributed by atoms with Gasteiger partial charge in [-0.1, -0.05) is 17.3 Å². The molecule has 0 unspecified atom stereocenters. The summed E-state index contributed by atoms with van der Waals surface area (Å²) in [7, 11) is 0. The van der Waals surface area contributed by atoms with E-state index in [0.29, 0.717) is 16.8 Å². The largest absolute Gasteiger partial charge is 0.478 e. The first-order valence-corrected chi connectivity index (χ1v) is 6.22. The predicted octanol–water partition coefficient (Wildman–Crippen LogP) is 2.64. The van der Waals surface area contributed by atoms with Crippen molar-refractivity contribution in [3.8, 4) is 0 Å². The number of benzene rings is 1. The molecule has 0 bridgehead atoms. The summed E-state index contributed by atoms with van der Waals surface area (Å²) in [5.41, 5.74) is 2.51. The summed E-state index contributed by atoms with van der Waals surface area (Å²) in [4.78, 5) is 22.7. The van der Waals surface area contributed by atoms with Crippen LogP contribution >= 0.6 is 0 Å². The fourth-order valence-electron chi connectivity index (χ4n) is 1.76. The van der Waals surface area contributed by atoms with Crippen LogP contribution in [0.15, 0.2) is 34.9 Å². The normalized spacial score (nSPS) is 10.8. The number of aromatic nitrogens is 1. The molecule has 2 aromatic rings. The number of hydrogen-bond acceptors (Lipinski definition) is 4. The Morgan fingerprint density at radius 2 is 2.05 bits per heavy atom. The van der Waals surface area contributed by atoms with E-state index in [0.717, 1.165) is 11.6 Å². The van der Waals surface area contributed by atoms with E-state index >= 15 is 0 Å². The number of carboxylic acids is 1. The molecule has 0 aliphatic carbocycles. The van der Waals surface area contributed by atoms with Crippen LogP contribution in [0.1, 0.15) is 27.2 Å². The summed E-state index contributed by atoms with van der Waals surface area (Å²) in [6.07, 6.45) is 2.45. The second kappa shape index (κ2) is 6.04. The van der Waals surface area contributed by atoms with E-state index in [1.807, 2.05) is 0 Å². The Kier molecular flexibility index (Phi) is 4.18. The molecule has 1 heterocycles. The molecule has 0 spiro atoms. The highest BCUT2D eigenvalue weighted by Crippen LogP contribution is 2.16. The third-order valence-corrected chi connectivity index (χ3v) is 2.79. The summed E-state index contributed by atoms with van der Waals surface area (Å²) in [6, 6.07) is 6.72. The Labute approximate surface area is 121 Å². The van der Waals surface area contributed by atoms with E-state index in [2.05, 4.69) is 10.5 Å². The predicted molar refractivity (Wildman–Crippen MR) is 77.0 cm³/mol. The van der Waals surface area contributed by atoms with Crippen molar-refractivity contribution >= 4 is 23.8 Å². The summed E-state index contributed by atoms with van der Waals surface area (Å²) in [6.45, 7) is 3.55. The first-order chi connectivity index (χ1) is 9.95. The number of aryl methyl sites for hydroxylation is 2. The van der Waals surface area contributed by atoms with E-state index in [1.54, 1.807) is 38.1 Å². The van der Waals surface area contributed by atoms with Crippen molar-refractivity contribution in [2.75, 3.05) is 5.32 Å². The van der Waals surface area contributed by atoms with Gasteiger partial charge in [0, 0.05) is 17.7 Å². The molecule has 0 aliphatic rings. The zero-order chi connectivity index (χ0) is 15.4. The number of nitrogens with one attached hydrogen (secondary N) is 1. The third kappa shape index (κ3) is 3.79. The molecule has 0 saturated carbocycles. The lowest BCUT2D eigenvalue weighted by molar-refractivity contribution is -0.131. The third-order valence-electron chi connectivity index (χ3n) is 2.79. The number of carbonyl (C=O) groups excluding carboxylic acids is 1. The number of carbonyl (C=O) groups is 2. The molecule has 1 aromatic carbocycles. The lowest BCUT2D eigenvalue weighted by Gasteiger charge is -2.06. The molecule has 2 N–H and O–H groups in total. The van der Waals surface area contributed by atoms with Gasteiger partial charge in [0.1, 0.15) is 0 Å². The number of aliphatic carboxylic acids is 1. The Hall–Kier alpha value is -2.89. The highest BCUT2D eigenvalue weighted by atomic mass is 16.5. The average molecular weight is 286 g/mol. The van der Waals surface area contributed by atoms with Gasteiger partial charge in [-0.05, 0) is 37.1 Å². The topological polar surface area (TPSA) is 92.4 Å². The van der Waals surface area contributed by atoms with Gasteiger partial charge in [0.15, 0.2) is 0 Å². The zero-order valence-electron chi connectivity index (χ0n) is 11.6. The van der Waals surface area contributed by atoms with Crippen molar-refractivity contribution in [2.45, 2.75) is 13.8 Å². The summed E-state index contributed by atoms with van der Waals surface area (Å²) >= 11 is 0. The second-order valence-electron chi connectivity index (χ2n) is 4.53. The Morgan fingerprint density at radius 1 is 1.29 bits per heavy atom. The lowest BCUT2D eigenvalue weighted by atomic mass is 10.0. The summed E-state index contributed by atoms with van der Waals surface area (Å²) in [5, 5.41) is 14.9. The molecule has 108 valence electrons. The maximum absolute atomic E-state index is 12.2. The molecule has 2 rings (SSSR count). The van der Waals surface area contributed by atoms with E-state index in [1.165, 1.54) is 6.08 Å². The second-order valence-corrected chi connectivity index (χ2v) is 4.53. The van der Waals surface area contributed by atoms with E-state index in [9.17, 15) is 9.59 Å². The molecule has 0 saturated heterocycles. The Balaban J connectivity index is 2.23. The van der Waals surface area contributed by atoms with E-state index < -0.39 is 5.97 Å². The van der Waals surface area contributed by atoms with Gasteiger partial charge in [0.25, 0.3) is 5.91 Å². The van der Waals surface area contributed by atoms with Crippen molar-refractivity contribution in [1.82, 2.24) is 5.16 Å². The van der Waals surface area contributed by atoms with Crippen LogP contribution in [0.25, 0.3) is 6.08 Å². The van der Waals surface area contributed by atoms with Crippen LogP contribution in [0, 0.1) is 13.8 Å². The first-order valence-electron chi connectivity index (χ1n) is 6.22. The molecule has 0 aliphatic heterocycles. The van der Waals surface area contributed by atoms with Crippen LogP contribution in [-0.2, 0) is 4.79 Å². The molecule has 21 heavy (non-hydrogen) atoms. The van der Waals surface area contributed by atoms with Gasteiger partial charge in [-0.15, -0.1) is 0 Å².